The van der Waals surface area contributed by atoms with Crippen LogP contribution in [0.25, 0.3) is 0 Å². The second-order valence-electron chi connectivity index (χ2n) is 4.13. The summed E-state index contributed by atoms with van der Waals surface area (Å²) >= 11 is 0. The number of halogens is 4. The molecule has 0 amide bonds. The number of nitrogens with zero attached hydrogens (tertiary/aromatic N) is 2. The normalized spacial score (nSPS) is 11.1. The highest BCUT2D eigenvalue weighted by atomic mass is 19.2. The van der Waals surface area contributed by atoms with Crippen molar-refractivity contribution in [3.63, 3.8) is 0 Å². The summed E-state index contributed by atoms with van der Waals surface area (Å²) in [6, 6.07) is 0. The van der Waals surface area contributed by atoms with Crippen LogP contribution in [0.1, 0.15) is 12.8 Å². The summed E-state index contributed by atoms with van der Waals surface area (Å²) in [5, 5.41) is 2.35. The molecule has 0 radical (unpaired) electrons. The Morgan fingerprint density at radius 1 is 1.00 bits per heavy atom. The number of hydrogen-bond donors (Lipinski definition) is 1. The molecule has 7 heteroatoms. The van der Waals surface area contributed by atoms with E-state index in [2.05, 4.69) is 10.3 Å². The van der Waals surface area contributed by atoms with Crippen LogP contribution in [-0.4, -0.2) is 37.1 Å². The summed E-state index contributed by atoms with van der Waals surface area (Å²) in [6.07, 6.45) is 1.43. The molecule has 0 saturated carbocycles. The molecule has 0 spiro atoms. The minimum atomic E-state index is -1.65. The molecule has 0 atom stereocenters. The third-order valence-corrected chi connectivity index (χ3v) is 2.33. The molecule has 0 bridgehead atoms. The van der Waals surface area contributed by atoms with Crippen molar-refractivity contribution in [3.05, 3.63) is 23.5 Å². The summed E-state index contributed by atoms with van der Waals surface area (Å²) < 4.78 is 51.9. The number of unbranched alkanes of at least 4 members (excludes halogenated alkanes) is 1. The Kier molecular flexibility index (Phi) is 5.33. The van der Waals surface area contributed by atoms with E-state index < -0.39 is 29.2 Å². The Bertz CT molecular complexity index is 384. The summed E-state index contributed by atoms with van der Waals surface area (Å²) in [4.78, 5) is 4.44. The van der Waals surface area contributed by atoms with Crippen molar-refractivity contribution in [1.82, 2.24) is 9.88 Å². The Hall–Kier alpha value is -1.37. The van der Waals surface area contributed by atoms with Gasteiger partial charge in [-0.1, -0.05) is 0 Å². The molecule has 0 saturated heterocycles. The Labute approximate surface area is 103 Å². The van der Waals surface area contributed by atoms with E-state index in [-0.39, 0.29) is 6.54 Å². The van der Waals surface area contributed by atoms with Gasteiger partial charge in [-0.3, -0.25) is 0 Å². The van der Waals surface area contributed by atoms with E-state index in [1.807, 2.05) is 19.0 Å². The van der Waals surface area contributed by atoms with E-state index in [1.165, 1.54) is 0 Å². The fourth-order valence-electron chi connectivity index (χ4n) is 1.41. The smallest absolute Gasteiger partial charge is 0.253 e. The molecule has 0 unspecified atom stereocenters. The molecule has 18 heavy (non-hydrogen) atoms. The molecule has 0 aromatic carbocycles. The molecule has 102 valence electrons. The predicted octanol–water partition coefficient (Wildman–Crippen LogP) is 2.39. The van der Waals surface area contributed by atoms with Gasteiger partial charge in [0.05, 0.1) is 0 Å². The van der Waals surface area contributed by atoms with Crippen molar-refractivity contribution in [2.45, 2.75) is 12.8 Å². The van der Waals surface area contributed by atoms with Gasteiger partial charge in [0.1, 0.15) is 5.69 Å². The van der Waals surface area contributed by atoms with E-state index in [4.69, 9.17) is 0 Å². The first-order valence-electron chi connectivity index (χ1n) is 5.52. The Morgan fingerprint density at radius 2 is 1.56 bits per heavy atom. The lowest BCUT2D eigenvalue weighted by atomic mass is 10.3. The topological polar surface area (TPSA) is 28.2 Å². The molecule has 1 aromatic heterocycles. The van der Waals surface area contributed by atoms with Gasteiger partial charge in [-0.25, -0.2) is 0 Å². The lowest BCUT2D eigenvalue weighted by Gasteiger charge is -2.11. The van der Waals surface area contributed by atoms with Crippen molar-refractivity contribution in [3.8, 4) is 0 Å². The predicted molar refractivity (Wildman–Crippen MR) is 60.3 cm³/mol. The highest BCUT2D eigenvalue weighted by Gasteiger charge is 2.19. The van der Waals surface area contributed by atoms with Gasteiger partial charge in [0.15, 0.2) is 0 Å². The van der Waals surface area contributed by atoms with Crippen LogP contribution in [0, 0.1) is 23.5 Å². The van der Waals surface area contributed by atoms with Crippen LogP contribution in [0.15, 0.2) is 0 Å². The number of rotatable bonds is 6. The number of nitrogens with one attached hydrogen (secondary N) is 1. The summed E-state index contributed by atoms with van der Waals surface area (Å²) in [5.41, 5.74) is -0.801. The zero-order valence-corrected chi connectivity index (χ0v) is 10.2. The van der Waals surface area contributed by atoms with Crippen molar-refractivity contribution in [2.75, 3.05) is 32.5 Å². The zero-order chi connectivity index (χ0) is 13.7. The molecule has 0 fully saturated rings. The fraction of sp³-hybridized carbons (Fsp3) is 0.545. The lowest BCUT2D eigenvalue weighted by molar-refractivity contribution is 0.395. The average molecular weight is 265 g/mol. The van der Waals surface area contributed by atoms with Crippen LogP contribution < -0.4 is 5.32 Å². The maximum absolute atomic E-state index is 13.2. The molecular weight excluding hydrogens is 250 g/mol. The van der Waals surface area contributed by atoms with Gasteiger partial charge in [0.2, 0.25) is 11.6 Å². The van der Waals surface area contributed by atoms with E-state index in [0.717, 1.165) is 13.0 Å². The zero-order valence-electron chi connectivity index (χ0n) is 10.2. The first kappa shape index (κ1) is 14.7. The van der Waals surface area contributed by atoms with Crippen LogP contribution in [0.4, 0.5) is 23.2 Å². The largest absolute Gasteiger partial charge is 0.380 e. The lowest BCUT2D eigenvalue weighted by Crippen LogP contribution is -2.15. The third-order valence-electron chi connectivity index (χ3n) is 2.33. The molecule has 1 heterocycles. The summed E-state index contributed by atoms with van der Waals surface area (Å²) in [5.74, 6) is -6.29. The van der Waals surface area contributed by atoms with Gasteiger partial charge in [0.25, 0.3) is 11.9 Å². The standard InChI is InChI=1S/C11H15F4N3/c1-18(2)6-4-3-5-16-9-7(12)10(14)17-11(15)8(9)13/h3-6H2,1-2H3,(H,16,17). The van der Waals surface area contributed by atoms with Gasteiger partial charge in [-0.15, -0.1) is 0 Å². The minimum Gasteiger partial charge on any atom is -0.380 e. The van der Waals surface area contributed by atoms with Crippen LogP contribution >= 0.6 is 0 Å². The molecule has 0 aliphatic heterocycles. The highest BCUT2D eigenvalue weighted by molar-refractivity contribution is 5.45. The molecule has 1 N–H and O–H groups in total. The summed E-state index contributed by atoms with van der Waals surface area (Å²) in [6.45, 7) is 1.05. The average Bonchev–Trinajstić information content (AvgIpc) is 2.30. The van der Waals surface area contributed by atoms with Crippen LogP contribution in [0.2, 0.25) is 0 Å². The van der Waals surface area contributed by atoms with Gasteiger partial charge < -0.3 is 10.2 Å². The fourth-order valence-corrected chi connectivity index (χ4v) is 1.41. The van der Waals surface area contributed by atoms with Gasteiger partial charge >= 0.3 is 0 Å². The molecule has 1 rings (SSSR count). The first-order valence-corrected chi connectivity index (χ1v) is 5.52. The SMILES string of the molecule is CN(C)CCCCNc1c(F)c(F)nc(F)c1F. The second-order valence-corrected chi connectivity index (χ2v) is 4.13. The molecule has 0 aliphatic rings. The van der Waals surface area contributed by atoms with Crippen LogP contribution in [0.5, 0.6) is 0 Å². The second kappa shape index (κ2) is 6.53. The summed E-state index contributed by atoms with van der Waals surface area (Å²) in [7, 11) is 3.81. The maximum atomic E-state index is 13.2. The quantitative estimate of drug-likeness (QED) is 0.486. The van der Waals surface area contributed by atoms with E-state index in [1.54, 1.807) is 0 Å². The van der Waals surface area contributed by atoms with E-state index in [9.17, 15) is 17.6 Å². The molecule has 3 nitrogen and oxygen atoms in total. The van der Waals surface area contributed by atoms with Gasteiger partial charge in [-0.05, 0) is 33.5 Å². The first-order chi connectivity index (χ1) is 8.43. The van der Waals surface area contributed by atoms with Crippen molar-refractivity contribution < 1.29 is 17.6 Å². The van der Waals surface area contributed by atoms with Crippen molar-refractivity contribution in [2.24, 2.45) is 0 Å². The third kappa shape index (κ3) is 3.83. The van der Waals surface area contributed by atoms with E-state index in [0.29, 0.717) is 6.42 Å². The molecule has 0 aliphatic carbocycles. The number of pyridine rings is 1. The highest BCUT2D eigenvalue weighted by Crippen LogP contribution is 2.21. The Balaban J connectivity index is 2.57. The number of aromatic nitrogens is 1. The van der Waals surface area contributed by atoms with E-state index >= 15 is 0 Å². The van der Waals surface area contributed by atoms with Gasteiger partial charge in [-0.2, -0.15) is 22.5 Å². The van der Waals surface area contributed by atoms with Gasteiger partial charge in [0, 0.05) is 6.54 Å². The molecular formula is C11H15F4N3. The van der Waals surface area contributed by atoms with Crippen molar-refractivity contribution in [1.29, 1.82) is 0 Å². The molecule has 1 aromatic rings. The van der Waals surface area contributed by atoms with Crippen LogP contribution in [-0.2, 0) is 0 Å². The number of hydrogen-bond acceptors (Lipinski definition) is 3. The minimum absolute atomic E-state index is 0.227. The monoisotopic (exact) mass is 265 g/mol. The maximum Gasteiger partial charge on any atom is 0.253 e. The van der Waals surface area contributed by atoms with Crippen molar-refractivity contribution >= 4 is 5.69 Å². The van der Waals surface area contributed by atoms with Crippen LogP contribution in [0.3, 0.4) is 0 Å². The number of anilines is 1. The Morgan fingerprint density at radius 3 is 2.06 bits per heavy atom.